The summed E-state index contributed by atoms with van der Waals surface area (Å²) in [5, 5.41) is 0. The number of benzene rings is 2. The normalized spacial score (nSPS) is 20.1. The van der Waals surface area contributed by atoms with Gasteiger partial charge >= 0.3 is 0 Å². The fraction of sp³-hybridized carbons (Fsp3) is 0.552. The lowest BCUT2D eigenvalue weighted by molar-refractivity contribution is -0.131. The van der Waals surface area contributed by atoms with Gasteiger partial charge in [0.05, 0.1) is 0 Å². The Kier molecular flexibility index (Phi) is 8.10. The van der Waals surface area contributed by atoms with Crippen LogP contribution in [0.5, 0.6) is 0 Å². The highest BCUT2D eigenvalue weighted by Crippen LogP contribution is 2.39. The van der Waals surface area contributed by atoms with E-state index in [0.29, 0.717) is 35.8 Å². The molecule has 172 valence electrons. The van der Waals surface area contributed by atoms with Crippen molar-refractivity contribution in [3.05, 3.63) is 71.3 Å². The van der Waals surface area contributed by atoms with Gasteiger partial charge in [-0.1, -0.05) is 74.9 Å². The predicted octanol–water partition coefficient (Wildman–Crippen LogP) is 7.71. The molecule has 0 amide bonds. The lowest BCUT2D eigenvalue weighted by Gasteiger charge is -2.36. The van der Waals surface area contributed by atoms with E-state index in [1.165, 1.54) is 25.0 Å². The van der Waals surface area contributed by atoms with Crippen LogP contribution >= 0.6 is 0 Å². The van der Waals surface area contributed by atoms with Crippen LogP contribution in [0.25, 0.3) is 0 Å². The maximum absolute atomic E-state index is 14.6. The van der Waals surface area contributed by atoms with Crippen LogP contribution in [0.3, 0.4) is 0 Å². The number of carbonyl (C=O) groups excluding carboxylic acids is 1. The molecule has 2 aromatic carbocycles. The summed E-state index contributed by atoms with van der Waals surface area (Å²) >= 11 is 0. The second-order valence-corrected chi connectivity index (χ2v) is 10.0. The fourth-order valence-corrected chi connectivity index (χ4v) is 6.15. The van der Waals surface area contributed by atoms with Gasteiger partial charge in [-0.2, -0.15) is 0 Å². The highest BCUT2D eigenvalue weighted by molar-refractivity contribution is 5.84. The van der Waals surface area contributed by atoms with Gasteiger partial charge in [-0.3, -0.25) is 4.79 Å². The Balaban J connectivity index is 1.64. The molecule has 2 atom stereocenters. The first-order valence-corrected chi connectivity index (χ1v) is 12.6. The van der Waals surface area contributed by atoms with Crippen molar-refractivity contribution in [1.29, 1.82) is 0 Å². The molecule has 0 N–H and O–H groups in total. The summed E-state index contributed by atoms with van der Waals surface area (Å²) in [5.41, 5.74) is 1.29. The molecule has 0 aromatic heterocycles. The molecule has 4 rings (SSSR count). The minimum absolute atomic E-state index is 0.175. The molecule has 2 aliphatic carbocycles. The van der Waals surface area contributed by atoms with Crippen molar-refractivity contribution in [2.75, 3.05) is 0 Å². The monoisotopic (exact) mass is 438 g/mol. The van der Waals surface area contributed by atoms with Crippen molar-refractivity contribution in [3.8, 4) is 0 Å². The van der Waals surface area contributed by atoms with Gasteiger partial charge in [0.15, 0.2) is 0 Å². The quantitative estimate of drug-likeness (QED) is 0.412. The van der Waals surface area contributed by atoms with Crippen LogP contribution < -0.4 is 0 Å². The van der Waals surface area contributed by atoms with E-state index in [-0.39, 0.29) is 29.3 Å². The molecule has 0 spiro atoms. The maximum Gasteiger partial charge on any atom is 0.140 e. The summed E-state index contributed by atoms with van der Waals surface area (Å²) in [6.45, 7) is 0. The van der Waals surface area contributed by atoms with E-state index < -0.39 is 0 Å². The number of ketones is 1. The largest absolute Gasteiger partial charge is 0.299 e. The molecule has 2 saturated carbocycles. The topological polar surface area (TPSA) is 17.1 Å². The summed E-state index contributed by atoms with van der Waals surface area (Å²) in [6.07, 6.45) is 12.1. The molecule has 2 aliphatic rings. The fourth-order valence-electron chi connectivity index (χ4n) is 6.15. The zero-order valence-electron chi connectivity index (χ0n) is 19.1. The highest BCUT2D eigenvalue weighted by Gasteiger charge is 2.38. The van der Waals surface area contributed by atoms with Crippen molar-refractivity contribution in [3.63, 3.8) is 0 Å². The zero-order chi connectivity index (χ0) is 22.3. The van der Waals surface area contributed by atoms with Gasteiger partial charge in [-0.25, -0.2) is 8.78 Å². The molecule has 2 aromatic rings. The van der Waals surface area contributed by atoms with Crippen LogP contribution in [0, 0.1) is 35.3 Å². The van der Waals surface area contributed by atoms with Crippen LogP contribution in [-0.4, -0.2) is 5.78 Å². The van der Waals surface area contributed by atoms with E-state index in [4.69, 9.17) is 0 Å². The number of hydrogen-bond acceptors (Lipinski definition) is 1. The maximum atomic E-state index is 14.6. The third-order valence-electron chi connectivity index (χ3n) is 7.96. The SMILES string of the molecule is O=C(C(Cc1ccccc1F)C1CCCCC1)C(Cc1ccccc1F)C1CCCCC1. The molecule has 0 saturated heterocycles. The van der Waals surface area contributed by atoms with Crippen molar-refractivity contribution in [1.82, 2.24) is 0 Å². The van der Waals surface area contributed by atoms with Crippen LogP contribution in [0.15, 0.2) is 48.5 Å². The van der Waals surface area contributed by atoms with E-state index in [9.17, 15) is 13.6 Å². The molecule has 2 unspecified atom stereocenters. The van der Waals surface area contributed by atoms with Gasteiger partial charge in [0, 0.05) is 11.8 Å². The molecular formula is C29H36F2O. The van der Waals surface area contributed by atoms with Crippen molar-refractivity contribution >= 4 is 5.78 Å². The van der Waals surface area contributed by atoms with E-state index >= 15 is 0 Å². The first-order valence-electron chi connectivity index (χ1n) is 12.6. The minimum Gasteiger partial charge on any atom is -0.299 e. The third-order valence-corrected chi connectivity index (χ3v) is 7.96. The van der Waals surface area contributed by atoms with Gasteiger partial charge in [0.25, 0.3) is 0 Å². The Bertz CT molecular complexity index is 809. The molecule has 0 bridgehead atoms. The van der Waals surface area contributed by atoms with E-state index in [1.807, 2.05) is 24.3 Å². The smallest absolute Gasteiger partial charge is 0.140 e. The summed E-state index contributed by atoms with van der Waals surface area (Å²) in [4.78, 5) is 14.2. The molecule has 0 radical (unpaired) electrons. The second kappa shape index (κ2) is 11.2. The number of carbonyl (C=O) groups is 1. The number of rotatable bonds is 8. The molecule has 2 fully saturated rings. The van der Waals surface area contributed by atoms with Crippen molar-refractivity contribution in [2.24, 2.45) is 23.7 Å². The van der Waals surface area contributed by atoms with Gasteiger partial charge in [0.1, 0.15) is 17.4 Å². The molecule has 0 heterocycles. The summed E-state index contributed by atoms with van der Waals surface area (Å²) in [6, 6.07) is 13.8. The van der Waals surface area contributed by atoms with Gasteiger partial charge in [-0.15, -0.1) is 0 Å². The average Bonchev–Trinajstić information content (AvgIpc) is 2.84. The second-order valence-electron chi connectivity index (χ2n) is 10.0. The zero-order valence-corrected chi connectivity index (χ0v) is 19.1. The highest BCUT2D eigenvalue weighted by atomic mass is 19.1. The summed E-state index contributed by atoms with van der Waals surface area (Å²) in [7, 11) is 0. The van der Waals surface area contributed by atoms with Crippen molar-refractivity contribution in [2.45, 2.75) is 77.0 Å². The van der Waals surface area contributed by atoms with E-state index in [0.717, 1.165) is 51.4 Å². The molecule has 32 heavy (non-hydrogen) atoms. The number of halogens is 2. The van der Waals surface area contributed by atoms with Gasteiger partial charge < -0.3 is 0 Å². The Labute approximate surface area is 191 Å². The number of hydrogen-bond donors (Lipinski definition) is 0. The Morgan fingerprint density at radius 1 is 0.656 bits per heavy atom. The van der Waals surface area contributed by atoms with Crippen LogP contribution in [0.4, 0.5) is 8.78 Å². The predicted molar refractivity (Wildman–Crippen MR) is 125 cm³/mol. The molecule has 3 heteroatoms. The molecule has 0 aliphatic heterocycles. The molecule has 1 nitrogen and oxygen atoms in total. The Hall–Kier alpha value is -2.03. The van der Waals surface area contributed by atoms with Crippen LogP contribution in [-0.2, 0) is 17.6 Å². The third kappa shape index (κ3) is 5.66. The van der Waals surface area contributed by atoms with E-state index in [2.05, 4.69) is 0 Å². The van der Waals surface area contributed by atoms with Crippen molar-refractivity contribution < 1.29 is 13.6 Å². The lowest BCUT2D eigenvalue weighted by atomic mass is 9.67. The standard InChI is InChI=1S/C29H36F2O/c30-27-17-9-7-15-23(27)19-25(21-11-3-1-4-12-21)29(32)26(22-13-5-2-6-14-22)20-24-16-8-10-18-28(24)31/h7-10,15-18,21-22,25-26H,1-6,11-14,19-20H2. The Morgan fingerprint density at radius 3 is 1.41 bits per heavy atom. The molecular weight excluding hydrogens is 402 g/mol. The lowest BCUT2D eigenvalue weighted by Crippen LogP contribution is -2.37. The minimum atomic E-state index is -0.218. The first-order chi connectivity index (χ1) is 15.6. The van der Waals surface area contributed by atoms with Gasteiger partial charge in [0.2, 0.25) is 0 Å². The van der Waals surface area contributed by atoms with Gasteiger partial charge in [-0.05, 0) is 73.6 Å². The Morgan fingerprint density at radius 2 is 1.03 bits per heavy atom. The summed E-state index contributed by atoms with van der Waals surface area (Å²) < 4.78 is 29.2. The average molecular weight is 439 g/mol. The van der Waals surface area contributed by atoms with Crippen LogP contribution in [0.1, 0.15) is 75.3 Å². The first kappa shape index (κ1) is 23.1. The number of Topliss-reactive ketones (excluding diaryl/α,β-unsaturated/α-hetero) is 1. The van der Waals surface area contributed by atoms with E-state index in [1.54, 1.807) is 12.1 Å². The van der Waals surface area contributed by atoms with Crippen LogP contribution in [0.2, 0.25) is 0 Å². The summed E-state index contributed by atoms with van der Waals surface area (Å²) in [5.74, 6) is 0.0890.